The summed E-state index contributed by atoms with van der Waals surface area (Å²) in [5.74, 6) is 1.49. The molecule has 4 heterocycles. The van der Waals surface area contributed by atoms with Crippen LogP contribution in [-0.4, -0.2) is 53.4 Å². The number of hydrogen-bond donors (Lipinski definition) is 3. The molecule has 2 aliphatic heterocycles. The number of alkyl halides is 3. The number of rotatable bonds is 5. The average Bonchev–Trinajstić information content (AvgIpc) is 2.76. The Morgan fingerprint density at radius 1 is 1.15 bits per heavy atom. The van der Waals surface area contributed by atoms with Gasteiger partial charge in [0.25, 0.3) is 0 Å². The van der Waals surface area contributed by atoms with Crippen LogP contribution in [0.25, 0.3) is 0 Å². The molecule has 0 bridgehead atoms. The van der Waals surface area contributed by atoms with Crippen LogP contribution in [0.4, 0.5) is 35.3 Å². The van der Waals surface area contributed by atoms with E-state index < -0.39 is 17.9 Å². The number of piperidine rings is 1. The number of aromatic nitrogens is 2. The Balaban J connectivity index is 1.40. The molecule has 0 spiro atoms. The van der Waals surface area contributed by atoms with Crippen LogP contribution in [-0.2, 0) is 12.7 Å². The van der Waals surface area contributed by atoms with E-state index in [4.69, 9.17) is 0 Å². The molecular weight excluding hydrogens is 437 g/mol. The van der Waals surface area contributed by atoms with Gasteiger partial charge in [-0.25, -0.2) is 14.8 Å². The minimum Gasteiger partial charge on any atom is -0.389 e. The van der Waals surface area contributed by atoms with E-state index in [0.29, 0.717) is 49.2 Å². The van der Waals surface area contributed by atoms with Gasteiger partial charge in [0.1, 0.15) is 17.3 Å². The molecule has 3 N–H and O–H groups in total. The number of halogens is 3. The number of pyridine rings is 2. The lowest BCUT2D eigenvalue weighted by molar-refractivity contribution is -0.141. The summed E-state index contributed by atoms with van der Waals surface area (Å²) >= 11 is 0. The van der Waals surface area contributed by atoms with Gasteiger partial charge >= 0.3 is 12.2 Å². The fourth-order valence-electron chi connectivity index (χ4n) is 3.91. The van der Waals surface area contributed by atoms with Gasteiger partial charge in [-0.3, -0.25) is 0 Å². The third-order valence-electron chi connectivity index (χ3n) is 5.96. The first-order chi connectivity index (χ1) is 15.7. The minimum atomic E-state index is -4.53. The first-order valence-corrected chi connectivity index (χ1v) is 10.9. The van der Waals surface area contributed by atoms with Gasteiger partial charge in [0.05, 0.1) is 18.0 Å². The molecule has 2 fully saturated rings. The standard InChI is InChI=1S/C22H27F3N6O2/c1-14-6-8-30(9-7-14)20-15(2-4-18(29-20)22(23,24)25)10-27-21(33)28-16-3-5-19(26-11-16)31-12-17(32)13-31/h2-5,11,14,17,32H,6-10,12-13H2,1H3,(H2,27,28,33). The number of amides is 2. The van der Waals surface area contributed by atoms with Crippen molar-refractivity contribution in [3.8, 4) is 0 Å². The van der Waals surface area contributed by atoms with Crippen LogP contribution in [0, 0.1) is 5.92 Å². The summed E-state index contributed by atoms with van der Waals surface area (Å²) in [6, 6.07) is 5.27. The summed E-state index contributed by atoms with van der Waals surface area (Å²) in [6.45, 7) is 4.47. The maximum absolute atomic E-state index is 13.2. The lowest BCUT2D eigenvalue weighted by Gasteiger charge is -2.36. The molecule has 0 saturated carbocycles. The van der Waals surface area contributed by atoms with Crippen molar-refractivity contribution < 1.29 is 23.1 Å². The van der Waals surface area contributed by atoms with Gasteiger partial charge in [-0.05, 0) is 37.0 Å². The molecule has 0 unspecified atom stereocenters. The Hall–Kier alpha value is -3.08. The third kappa shape index (κ3) is 5.65. The van der Waals surface area contributed by atoms with Crippen molar-refractivity contribution in [2.45, 2.75) is 38.6 Å². The number of β-amino-alcohol motifs (C(OH)–C–C–N with tert-alkyl or cyclic N) is 1. The zero-order valence-electron chi connectivity index (χ0n) is 18.3. The second kappa shape index (κ2) is 9.42. The second-order valence-electron chi connectivity index (χ2n) is 8.62. The molecule has 2 saturated heterocycles. The number of aliphatic hydroxyl groups excluding tert-OH is 1. The number of urea groups is 1. The van der Waals surface area contributed by atoms with Crippen LogP contribution in [0.3, 0.4) is 0 Å². The highest BCUT2D eigenvalue weighted by Gasteiger charge is 2.34. The van der Waals surface area contributed by atoms with Gasteiger partial charge in [-0.15, -0.1) is 0 Å². The lowest BCUT2D eigenvalue weighted by Crippen LogP contribution is -2.51. The average molecular weight is 464 g/mol. The molecule has 11 heteroatoms. The van der Waals surface area contributed by atoms with Crippen molar-refractivity contribution in [3.63, 3.8) is 0 Å². The highest BCUT2D eigenvalue weighted by Crippen LogP contribution is 2.32. The van der Waals surface area contributed by atoms with E-state index in [0.717, 1.165) is 18.9 Å². The predicted octanol–water partition coefficient (Wildman–Crippen LogP) is 3.23. The first-order valence-electron chi connectivity index (χ1n) is 10.9. The molecule has 8 nitrogen and oxygen atoms in total. The molecular formula is C22H27F3N6O2. The number of carbonyl (C=O) groups is 1. The second-order valence-corrected chi connectivity index (χ2v) is 8.62. The Kier molecular flexibility index (Phi) is 6.59. The van der Waals surface area contributed by atoms with Gasteiger partial charge in [0.2, 0.25) is 0 Å². The van der Waals surface area contributed by atoms with E-state index in [1.807, 2.05) is 9.80 Å². The minimum absolute atomic E-state index is 0.0372. The predicted molar refractivity (Wildman–Crippen MR) is 118 cm³/mol. The largest absolute Gasteiger partial charge is 0.433 e. The van der Waals surface area contributed by atoms with E-state index in [1.165, 1.54) is 12.3 Å². The summed E-state index contributed by atoms with van der Waals surface area (Å²) in [5.41, 5.74) is 0.0656. The zero-order valence-corrected chi connectivity index (χ0v) is 18.3. The smallest absolute Gasteiger partial charge is 0.389 e. The molecule has 0 atom stereocenters. The normalized spacial score (nSPS) is 17.6. The molecule has 0 aliphatic carbocycles. The summed E-state index contributed by atoms with van der Waals surface area (Å²) in [6.07, 6.45) is -1.60. The van der Waals surface area contributed by atoms with Gasteiger partial charge < -0.3 is 25.5 Å². The molecule has 4 rings (SSSR count). The van der Waals surface area contributed by atoms with Crippen molar-refractivity contribution in [2.75, 3.05) is 41.3 Å². The molecule has 178 valence electrons. The van der Waals surface area contributed by atoms with Crippen LogP contribution in [0.15, 0.2) is 30.5 Å². The van der Waals surface area contributed by atoms with Crippen LogP contribution < -0.4 is 20.4 Å². The number of carbonyl (C=O) groups excluding carboxylic acids is 1. The fourth-order valence-corrected chi connectivity index (χ4v) is 3.91. The summed E-state index contributed by atoms with van der Waals surface area (Å²) < 4.78 is 39.7. The molecule has 2 amide bonds. The quantitative estimate of drug-likeness (QED) is 0.629. The number of nitrogens with zero attached hydrogens (tertiary/aromatic N) is 4. The van der Waals surface area contributed by atoms with Crippen LogP contribution in [0.1, 0.15) is 31.0 Å². The molecule has 2 aromatic rings. The van der Waals surface area contributed by atoms with Crippen molar-refractivity contribution in [1.82, 2.24) is 15.3 Å². The number of aliphatic hydroxyl groups is 1. The highest BCUT2D eigenvalue weighted by atomic mass is 19.4. The third-order valence-corrected chi connectivity index (χ3v) is 5.96. The Morgan fingerprint density at radius 2 is 1.88 bits per heavy atom. The lowest BCUT2D eigenvalue weighted by atomic mass is 9.99. The molecule has 0 radical (unpaired) electrons. The van der Waals surface area contributed by atoms with Crippen molar-refractivity contribution in [1.29, 1.82) is 0 Å². The summed E-state index contributed by atoms with van der Waals surface area (Å²) in [7, 11) is 0. The van der Waals surface area contributed by atoms with Gasteiger partial charge in [-0.1, -0.05) is 13.0 Å². The Morgan fingerprint density at radius 3 is 2.48 bits per heavy atom. The SMILES string of the molecule is CC1CCN(c2nc(C(F)(F)F)ccc2CNC(=O)Nc2ccc(N3CC(O)C3)nc2)CC1. The molecule has 2 aliphatic rings. The van der Waals surface area contributed by atoms with E-state index in [-0.39, 0.29) is 18.5 Å². The topological polar surface area (TPSA) is 93.6 Å². The van der Waals surface area contributed by atoms with Crippen LogP contribution >= 0.6 is 0 Å². The maximum atomic E-state index is 13.2. The van der Waals surface area contributed by atoms with E-state index in [2.05, 4.69) is 27.5 Å². The summed E-state index contributed by atoms with van der Waals surface area (Å²) in [4.78, 5) is 24.3. The monoisotopic (exact) mass is 464 g/mol. The Bertz CT molecular complexity index is 971. The first kappa shape index (κ1) is 23.1. The summed E-state index contributed by atoms with van der Waals surface area (Å²) in [5, 5.41) is 14.7. The molecule has 0 aromatic carbocycles. The van der Waals surface area contributed by atoms with E-state index in [1.54, 1.807) is 12.1 Å². The van der Waals surface area contributed by atoms with Crippen LogP contribution in [0.2, 0.25) is 0 Å². The number of anilines is 3. The molecule has 2 aromatic heterocycles. The maximum Gasteiger partial charge on any atom is 0.433 e. The Labute approximate surface area is 189 Å². The number of hydrogen-bond acceptors (Lipinski definition) is 6. The van der Waals surface area contributed by atoms with Crippen molar-refractivity contribution >= 4 is 23.4 Å². The molecule has 33 heavy (non-hydrogen) atoms. The van der Waals surface area contributed by atoms with Gasteiger partial charge in [-0.2, -0.15) is 13.2 Å². The van der Waals surface area contributed by atoms with Crippen molar-refractivity contribution in [2.24, 2.45) is 5.92 Å². The van der Waals surface area contributed by atoms with Gasteiger partial charge in [0, 0.05) is 38.3 Å². The van der Waals surface area contributed by atoms with E-state index in [9.17, 15) is 23.1 Å². The van der Waals surface area contributed by atoms with E-state index >= 15 is 0 Å². The zero-order chi connectivity index (χ0) is 23.6. The number of nitrogens with one attached hydrogen (secondary N) is 2. The van der Waals surface area contributed by atoms with Crippen LogP contribution in [0.5, 0.6) is 0 Å². The van der Waals surface area contributed by atoms with Gasteiger partial charge in [0.15, 0.2) is 0 Å². The highest BCUT2D eigenvalue weighted by molar-refractivity contribution is 5.89. The fraction of sp³-hybridized carbons (Fsp3) is 0.500. The van der Waals surface area contributed by atoms with Crippen molar-refractivity contribution in [3.05, 3.63) is 41.7 Å².